The van der Waals surface area contributed by atoms with Gasteiger partial charge in [-0.3, -0.25) is 14.5 Å². The monoisotopic (exact) mass is 384 g/mol. The van der Waals surface area contributed by atoms with Crippen molar-refractivity contribution >= 4 is 23.2 Å². The van der Waals surface area contributed by atoms with Crippen LogP contribution in [0.5, 0.6) is 0 Å². The Morgan fingerprint density at radius 1 is 0.857 bits per heavy atom. The van der Waals surface area contributed by atoms with Crippen LogP contribution in [0.1, 0.15) is 38.5 Å². The maximum Gasteiger partial charge on any atom is 0.238 e. The van der Waals surface area contributed by atoms with Gasteiger partial charge in [0.25, 0.3) is 0 Å². The van der Waals surface area contributed by atoms with Crippen molar-refractivity contribution in [3.8, 4) is 0 Å². The molecule has 2 heterocycles. The van der Waals surface area contributed by atoms with Crippen LogP contribution in [0.2, 0.25) is 0 Å². The van der Waals surface area contributed by atoms with Gasteiger partial charge in [0.15, 0.2) is 0 Å². The smallest absolute Gasteiger partial charge is 0.238 e. The van der Waals surface area contributed by atoms with Gasteiger partial charge in [0.2, 0.25) is 11.8 Å². The van der Waals surface area contributed by atoms with E-state index in [4.69, 9.17) is 0 Å². The third kappa shape index (κ3) is 4.66. The number of carbonyl (C=O) groups excluding carboxylic acids is 2. The SMILES string of the molecule is O=C(CN1CCN(C(=O)C2CCCC2)CC1)Nc1ccc(N2CCCC2)cc1. The second-order valence-electron chi connectivity index (χ2n) is 8.37. The molecule has 1 aliphatic carbocycles. The summed E-state index contributed by atoms with van der Waals surface area (Å²) < 4.78 is 0. The molecule has 3 fully saturated rings. The van der Waals surface area contributed by atoms with E-state index in [9.17, 15) is 9.59 Å². The minimum absolute atomic E-state index is 0.0180. The number of rotatable bonds is 5. The fraction of sp³-hybridized carbons (Fsp3) is 0.636. The minimum Gasteiger partial charge on any atom is -0.372 e. The molecule has 152 valence electrons. The summed E-state index contributed by atoms with van der Waals surface area (Å²) in [5.74, 6) is 0.600. The Hall–Kier alpha value is -2.08. The van der Waals surface area contributed by atoms with Crippen LogP contribution in [0, 0.1) is 5.92 Å². The minimum atomic E-state index is 0.0180. The lowest BCUT2D eigenvalue weighted by atomic mass is 10.1. The standard InChI is InChI=1S/C22H32N4O2/c27-21(23-19-7-9-20(10-8-19)25-11-3-4-12-25)17-24-13-15-26(16-14-24)22(28)18-5-1-2-6-18/h7-10,18H,1-6,11-17H2,(H,23,27). The normalized spacial score (nSPS) is 21.3. The number of amides is 2. The van der Waals surface area contributed by atoms with Crippen LogP contribution in [0.25, 0.3) is 0 Å². The van der Waals surface area contributed by atoms with E-state index in [0.29, 0.717) is 12.5 Å². The second-order valence-corrected chi connectivity index (χ2v) is 8.37. The molecule has 2 saturated heterocycles. The van der Waals surface area contributed by atoms with Crippen LogP contribution in [-0.4, -0.2) is 67.4 Å². The Balaban J connectivity index is 1.20. The average molecular weight is 385 g/mol. The third-order valence-corrected chi connectivity index (χ3v) is 6.38. The van der Waals surface area contributed by atoms with Crippen molar-refractivity contribution in [3.63, 3.8) is 0 Å². The number of hydrogen-bond donors (Lipinski definition) is 1. The highest BCUT2D eigenvalue weighted by molar-refractivity contribution is 5.92. The zero-order valence-electron chi connectivity index (χ0n) is 16.7. The molecule has 3 aliphatic rings. The summed E-state index contributed by atoms with van der Waals surface area (Å²) in [4.78, 5) is 31.5. The molecule has 2 aliphatic heterocycles. The Morgan fingerprint density at radius 3 is 2.14 bits per heavy atom. The van der Waals surface area contributed by atoms with Crippen molar-refractivity contribution in [1.82, 2.24) is 9.80 Å². The third-order valence-electron chi connectivity index (χ3n) is 6.38. The highest BCUT2D eigenvalue weighted by Crippen LogP contribution is 2.27. The predicted octanol–water partition coefficient (Wildman–Crippen LogP) is 2.56. The lowest BCUT2D eigenvalue weighted by Gasteiger charge is -2.35. The fourth-order valence-electron chi connectivity index (χ4n) is 4.69. The molecule has 6 nitrogen and oxygen atoms in total. The molecule has 1 N–H and O–H groups in total. The summed E-state index contributed by atoms with van der Waals surface area (Å²) in [6.45, 7) is 5.68. The largest absolute Gasteiger partial charge is 0.372 e. The number of anilines is 2. The van der Waals surface area contributed by atoms with Gasteiger partial charge < -0.3 is 15.1 Å². The van der Waals surface area contributed by atoms with Crippen molar-refractivity contribution in [2.24, 2.45) is 5.92 Å². The number of piperazine rings is 1. The highest BCUT2D eigenvalue weighted by Gasteiger charge is 2.29. The summed E-state index contributed by atoms with van der Waals surface area (Å²) in [7, 11) is 0. The number of nitrogens with zero attached hydrogens (tertiary/aromatic N) is 3. The van der Waals surface area contributed by atoms with Crippen LogP contribution in [0.3, 0.4) is 0 Å². The van der Waals surface area contributed by atoms with Crippen molar-refractivity contribution in [2.75, 3.05) is 56.0 Å². The number of nitrogens with one attached hydrogen (secondary N) is 1. The molecule has 1 saturated carbocycles. The molecule has 28 heavy (non-hydrogen) atoms. The van der Waals surface area contributed by atoms with Crippen molar-refractivity contribution in [1.29, 1.82) is 0 Å². The van der Waals surface area contributed by atoms with Gasteiger partial charge in [0.1, 0.15) is 0 Å². The predicted molar refractivity (Wildman–Crippen MR) is 111 cm³/mol. The first kappa shape index (κ1) is 19.2. The van der Waals surface area contributed by atoms with E-state index >= 15 is 0 Å². The Morgan fingerprint density at radius 2 is 1.50 bits per heavy atom. The molecular formula is C22H32N4O2. The van der Waals surface area contributed by atoms with Crippen LogP contribution in [0.4, 0.5) is 11.4 Å². The van der Waals surface area contributed by atoms with E-state index < -0.39 is 0 Å². The van der Waals surface area contributed by atoms with Gasteiger partial charge in [-0.25, -0.2) is 0 Å². The van der Waals surface area contributed by atoms with E-state index in [-0.39, 0.29) is 11.8 Å². The average Bonchev–Trinajstić information content (AvgIpc) is 3.43. The summed E-state index contributed by atoms with van der Waals surface area (Å²) in [6, 6.07) is 8.16. The van der Waals surface area contributed by atoms with E-state index in [2.05, 4.69) is 27.2 Å². The lowest BCUT2D eigenvalue weighted by molar-refractivity contribution is -0.137. The first-order valence-corrected chi connectivity index (χ1v) is 10.8. The molecule has 6 heteroatoms. The van der Waals surface area contributed by atoms with Gasteiger partial charge in [-0.2, -0.15) is 0 Å². The summed E-state index contributed by atoms with van der Waals surface area (Å²) in [6.07, 6.45) is 7.01. The maximum absolute atomic E-state index is 12.5. The molecule has 0 unspecified atom stereocenters. The zero-order valence-corrected chi connectivity index (χ0v) is 16.7. The van der Waals surface area contributed by atoms with Crippen LogP contribution in [-0.2, 0) is 9.59 Å². The van der Waals surface area contributed by atoms with E-state index in [1.807, 2.05) is 17.0 Å². The molecule has 0 spiro atoms. The molecule has 1 aromatic carbocycles. The van der Waals surface area contributed by atoms with Gasteiger partial charge in [0.05, 0.1) is 6.54 Å². The van der Waals surface area contributed by atoms with Crippen LogP contribution < -0.4 is 10.2 Å². The van der Waals surface area contributed by atoms with Gasteiger partial charge in [0, 0.05) is 56.6 Å². The first-order chi connectivity index (χ1) is 13.7. The molecule has 1 aromatic rings. The van der Waals surface area contributed by atoms with Gasteiger partial charge in [-0.15, -0.1) is 0 Å². The van der Waals surface area contributed by atoms with Gasteiger partial charge >= 0.3 is 0 Å². The molecule has 0 atom stereocenters. The van der Waals surface area contributed by atoms with E-state index in [0.717, 1.165) is 57.8 Å². The summed E-state index contributed by atoms with van der Waals surface area (Å²) in [5.41, 5.74) is 2.08. The number of hydrogen-bond acceptors (Lipinski definition) is 4. The number of benzene rings is 1. The fourth-order valence-corrected chi connectivity index (χ4v) is 4.69. The van der Waals surface area contributed by atoms with Crippen molar-refractivity contribution in [3.05, 3.63) is 24.3 Å². The van der Waals surface area contributed by atoms with Crippen molar-refractivity contribution < 1.29 is 9.59 Å². The summed E-state index contributed by atoms with van der Waals surface area (Å²) >= 11 is 0. The first-order valence-electron chi connectivity index (χ1n) is 10.8. The van der Waals surface area contributed by atoms with Crippen LogP contribution >= 0.6 is 0 Å². The van der Waals surface area contributed by atoms with E-state index in [1.165, 1.54) is 31.4 Å². The van der Waals surface area contributed by atoms with Gasteiger partial charge in [-0.05, 0) is 49.9 Å². The topological polar surface area (TPSA) is 55.9 Å². The lowest BCUT2D eigenvalue weighted by Crippen LogP contribution is -2.51. The summed E-state index contributed by atoms with van der Waals surface area (Å²) in [5, 5.41) is 3.01. The van der Waals surface area contributed by atoms with E-state index in [1.54, 1.807) is 0 Å². The zero-order chi connectivity index (χ0) is 19.3. The molecular weight excluding hydrogens is 352 g/mol. The molecule has 0 aromatic heterocycles. The molecule has 4 rings (SSSR count). The Labute approximate surface area is 167 Å². The quantitative estimate of drug-likeness (QED) is 0.848. The Kier molecular flexibility index (Phi) is 6.15. The highest BCUT2D eigenvalue weighted by atomic mass is 16.2. The molecule has 0 radical (unpaired) electrons. The Bertz CT molecular complexity index is 670. The number of carbonyl (C=O) groups is 2. The van der Waals surface area contributed by atoms with Gasteiger partial charge in [-0.1, -0.05) is 12.8 Å². The van der Waals surface area contributed by atoms with Crippen molar-refractivity contribution in [2.45, 2.75) is 38.5 Å². The second kappa shape index (κ2) is 8.95. The maximum atomic E-state index is 12.5. The van der Waals surface area contributed by atoms with Crippen LogP contribution in [0.15, 0.2) is 24.3 Å². The molecule has 2 amide bonds. The molecule has 0 bridgehead atoms.